The van der Waals surface area contributed by atoms with Crippen molar-refractivity contribution >= 4 is 17.6 Å². The molecular formula is C15H12N6OS. The summed E-state index contributed by atoms with van der Waals surface area (Å²) in [6.07, 6.45) is 1.40. The van der Waals surface area contributed by atoms with Gasteiger partial charge in [-0.25, -0.2) is 9.97 Å². The Morgan fingerprint density at radius 1 is 1.26 bits per heavy atom. The van der Waals surface area contributed by atoms with Crippen LogP contribution in [0, 0.1) is 11.3 Å². The number of thioether (sulfide) groups is 1. The van der Waals surface area contributed by atoms with Crippen LogP contribution in [-0.2, 0) is 0 Å². The van der Waals surface area contributed by atoms with Crippen LogP contribution in [0.25, 0.3) is 11.5 Å². The smallest absolute Gasteiger partial charge is 0.247 e. The molecule has 0 saturated heterocycles. The molecule has 3 aromatic rings. The summed E-state index contributed by atoms with van der Waals surface area (Å²) < 4.78 is 5.70. The highest BCUT2D eigenvalue weighted by molar-refractivity contribution is 7.99. The standard InChI is InChI=1S/C15H12N6OS/c1-9(23-15-18-8-11(7-16)12(17)19-15)13-20-21-14(22-13)10-5-3-2-4-6-10/h2-6,8-9H,1H3,(H2,17,18,19)/t9-/m1/s1. The van der Waals surface area contributed by atoms with Crippen LogP contribution in [0.5, 0.6) is 0 Å². The first-order chi connectivity index (χ1) is 11.2. The molecule has 2 N–H and O–H groups in total. The Balaban J connectivity index is 1.77. The molecule has 0 spiro atoms. The number of rotatable bonds is 4. The Morgan fingerprint density at radius 2 is 2.04 bits per heavy atom. The molecule has 114 valence electrons. The summed E-state index contributed by atoms with van der Waals surface area (Å²) in [6.45, 7) is 1.91. The van der Waals surface area contributed by atoms with E-state index < -0.39 is 0 Å². The summed E-state index contributed by atoms with van der Waals surface area (Å²) in [5, 5.41) is 17.3. The van der Waals surface area contributed by atoms with Crippen LogP contribution in [0.2, 0.25) is 0 Å². The number of aromatic nitrogens is 4. The molecule has 1 atom stereocenters. The van der Waals surface area contributed by atoms with E-state index in [1.165, 1.54) is 18.0 Å². The van der Waals surface area contributed by atoms with E-state index in [1.54, 1.807) is 0 Å². The lowest BCUT2D eigenvalue weighted by Crippen LogP contribution is -1.99. The zero-order valence-corrected chi connectivity index (χ0v) is 13.0. The number of hydrogen-bond donors (Lipinski definition) is 1. The van der Waals surface area contributed by atoms with Crippen LogP contribution in [0.4, 0.5) is 5.82 Å². The van der Waals surface area contributed by atoms with Crippen LogP contribution < -0.4 is 5.73 Å². The van der Waals surface area contributed by atoms with Crippen molar-refractivity contribution in [3.63, 3.8) is 0 Å². The normalized spacial score (nSPS) is 11.8. The summed E-state index contributed by atoms with van der Waals surface area (Å²) in [5.41, 5.74) is 6.81. The van der Waals surface area contributed by atoms with Gasteiger partial charge in [0.15, 0.2) is 5.16 Å². The maximum absolute atomic E-state index is 8.83. The number of nitrogens with two attached hydrogens (primary N) is 1. The van der Waals surface area contributed by atoms with Gasteiger partial charge in [0.2, 0.25) is 11.8 Å². The van der Waals surface area contributed by atoms with E-state index in [1.807, 2.05) is 43.3 Å². The van der Waals surface area contributed by atoms with Gasteiger partial charge < -0.3 is 10.2 Å². The van der Waals surface area contributed by atoms with Crippen molar-refractivity contribution in [1.29, 1.82) is 5.26 Å². The molecule has 0 amide bonds. The number of nitrogens with zero attached hydrogens (tertiary/aromatic N) is 5. The minimum Gasteiger partial charge on any atom is -0.419 e. The zero-order chi connectivity index (χ0) is 16.2. The van der Waals surface area contributed by atoms with E-state index in [0.29, 0.717) is 16.9 Å². The zero-order valence-electron chi connectivity index (χ0n) is 12.2. The largest absolute Gasteiger partial charge is 0.419 e. The summed E-state index contributed by atoms with van der Waals surface area (Å²) in [4.78, 5) is 8.19. The highest BCUT2D eigenvalue weighted by Gasteiger charge is 2.18. The Kier molecular flexibility index (Phi) is 4.21. The molecule has 0 saturated carbocycles. The summed E-state index contributed by atoms with van der Waals surface area (Å²) in [7, 11) is 0. The number of nitriles is 1. The third-order valence-electron chi connectivity index (χ3n) is 3.01. The van der Waals surface area contributed by atoms with Gasteiger partial charge in [0.1, 0.15) is 17.5 Å². The summed E-state index contributed by atoms with van der Waals surface area (Å²) in [6, 6.07) is 11.5. The maximum atomic E-state index is 8.83. The van der Waals surface area contributed by atoms with E-state index in [2.05, 4.69) is 20.2 Å². The van der Waals surface area contributed by atoms with Gasteiger partial charge >= 0.3 is 0 Å². The molecule has 0 aliphatic heterocycles. The van der Waals surface area contributed by atoms with Crippen molar-refractivity contribution in [2.45, 2.75) is 17.3 Å². The molecule has 0 aliphatic rings. The lowest BCUT2D eigenvalue weighted by molar-refractivity contribution is 0.509. The van der Waals surface area contributed by atoms with Crippen molar-refractivity contribution in [3.8, 4) is 17.5 Å². The van der Waals surface area contributed by atoms with Crippen LogP contribution in [0.1, 0.15) is 23.6 Å². The molecule has 2 heterocycles. The van der Waals surface area contributed by atoms with E-state index in [-0.39, 0.29) is 16.6 Å². The van der Waals surface area contributed by atoms with Crippen LogP contribution in [-0.4, -0.2) is 20.2 Å². The van der Waals surface area contributed by atoms with Crippen molar-refractivity contribution in [2.24, 2.45) is 0 Å². The molecule has 0 radical (unpaired) electrons. The molecule has 3 rings (SSSR count). The van der Waals surface area contributed by atoms with E-state index >= 15 is 0 Å². The van der Waals surface area contributed by atoms with Gasteiger partial charge in [-0.2, -0.15) is 5.26 Å². The van der Waals surface area contributed by atoms with Crippen molar-refractivity contribution in [3.05, 3.63) is 48.0 Å². The third-order valence-corrected chi connectivity index (χ3v) is 3.97. The SMILES string of the molecule is C[C@@H](Sc1ncc(C#N)c(N)n1)c1nnc(-c2ccccc2)o1. The number of nitrogen functional groups attached to an aromatic ring is 1. The van der Waals surface area contributed by atoms with Gasteiger partial charge in [0, 0.05) is 5.56 Å². The van der Waals surface area contributed by atoms with Gasteiger partial charge in [0.25, 0.3) is 0 Å². The fourth-order valence-electron chi connectivity index (χ4n) is 1.83. The van der Waals surface area contributed by atoms with Gasteiger partial charge in [-0.1, -0.05) is 30.0 Å². The Morgan fingerprint density at radius 3 is 2.74 bits per heavy atom. The topological polar surface area (TPSA) is 115 Å². The second-order valence-corrected chi connectivity index (χ2v) is 5.94. The molecule has 0 unspecified atom stereocenters. The quantitative estimate of drug-likeness (QED) is 0.575. The average molecular weight is 324 g/mol. The van der Waals surface area contributed by atoms with E-state index in [0.717, 1.165) is 5.56 Å². The van der Waals surface area contributed by atoms with Gasteiger partial charge in [-0.3, -0.25) is 0 Å². The van der Waals surface area contributed by atoms with E-state index in [4.69, 9.17) is 15.4 Å². The fourth-order valence-corrected chi connectivity index (χ4v) is 2.60. The molecular weight excluding hydrogens is 312 g/mol. The highest BCUT2D eigenvalue weighted by atomic mass is 32.2. The monoisotopic (exact) mass is 324 g/mol. The first kappa shape index (κ1) is 15.0. The summed E-state index contributed by atoms with van der Waals surface area (Å²) in [5.74, 6) is 1.10. The molecule has 0 aliphatic carbocycles. The predicted molar refractivity (Wildman–Crippen MR) is 85.2 cm³/mol. The predicted octanol–water partition coefficient (Wildman–Crippen LogP) is 2.83. The van der Waals surface area contributed by atoms with Crippen LogP contribution in [0.15, 0.2) is 46.1 Å². The number of anilines is 1. The number of benzene rings is 1. The van der Waals surface area contributed by atoms with E-state index in [9.17, 15) is 0 Å². The van der Waals surface area contributed by atoms with Crippen molar-refractivity contribution in [2.75, 3.05) is 5.73 Å². The lowest BCUT2D eigenvalue weighted by atomic mass is 10.2. The second kappa shape index (κ2) is 6.46. The van der Waals surface area contributed by atoms with Crippen molar-refractivity contribution < 1.29 is 4.42 Å². The molecule has 0 fully saturated rings. The van der Waals surface area contributed by atoms with Gasteiger partial charge in [-0.15, -0.1) is 10.2 Å². The Hall–Kier alpha value is -2.92. The van der Waals surface area contributed by atoms with Crippen LogP contribution in [0.3, 0.4) is 0 Å². The molecule has 1 aromatic carbocycles. The van der Waals surface area contributed by atoms with Gasteiger partial charge in [-0.05, 0) is 19.1 Å². The van der Waals surface area contributed by atoms with Gasteiger partial charge in [0.05, 0.1) is 11.4 Å². The minimum atomic E-state index is -0.146. The Bertz CT molecular complexity index is 858. The molecule has 2 aromatic heterocycles. The second-order valence-electron chi connectivity index (χ2n) is 4.63. The average Bonchev–Trinajstić information content (AvgIpc) is 3.06. The molecule has 8 heteroatoms. The molecule has 7 nitrogen and oxygen atoms in total. The van der Waals surface area contributed by atoms with Crippen molar-refractivity contribution in [1.82, 2.24) is 20.2 Å². The molecule has 23 heavy (non-hydrogen) atoms. The highest BCUT2D eigenvalue weighted by Crippen LogP contribution is 2.33. The fraction of sp³-hybridized carbons (Fsp3) is 0.133. The third kappa shape index (κ3) is 3.30. The first-order valence-electron chi connectivity index (χ1n) is 6.75. The minimum absolute atomic E-state index is 0.146. The molecule has 0 bridgehead atoms. The number of hydrogen-bond acceptors (Lipinski definition) is 8. The maximum Gasteiger partial charge on any atom is 0.247 e. The van der Waals surface area contributed by atoms with Crippen LogP contribution >= 0.6 is 11.8 Å². The Labute approximate surface area is 136 Å². The first-order valence-corrected chi connectivity index (χ1v) is 7.63. The lowest BCUT2D eigenvalue weighted by Gasteiger charge is -2.05. The summed E-state index contributed by atoms with van der Waals surface area (Å²) >= 11 is 1.33.